The topological polar surface area (TPSA) is 93.8 Å². The number of hydrogen-bond acceptors (Lipinski definition) is 5. The van der Waals surface area contributed by atoms with Crippen LogP contribution in [0.1, 0.15) is 16.2 Å². The Hall–Kier alpha value is -3.09. The Kier molecular flexibility index (Phi) is 3.15. The minimum atomic E-state index is -1.10. The Morgan fingerprint density at radius 1 is 1.24 bits per heavy atom. The van der Waals surface area contributed by atoms with Gasteiger partial charge in [-0.2, -0.15) is 10.2 Å². The second-order valence-electron chi connectivity index (χ2n) is 4.40. The molecule has 0 aliphatic carbocycles. The number of nitrogens with zero attached hydrogens (tertiary/aromatic N) is 5. The highest BCUT2D eigenvalue weighted by Crippen LogP contribution is 2.21. The van der Waals surface area contributed by atoms with E-state index in [1.54, 1.807) is 30.6 Å². The van der Waals surface area contributed by atoms with Gasteiger partial charge in [-0.25, -0.2) is 9.48 Å². The summed E-state index contributed by atoms with van der Waals surface area (Å²) in [4.78, 5) is 15.2. The lowest BCUT2D eigenvalue weighted by molar-refractivity contribution is 0.0690. The molecular formula is C14H11N5O2. The first-order chi connectivity index (χ1) is 10.1. The number of rotatable bonds is 3. The summed E-state index contributed by atoms with van der Waals surface area (Å²) < 4.78 is 1.50. The average molecular weight is 281 g/mol. The van der Waals surface area contributed by atoms with Gasteiger partial charge in [0, 0.05) is 12.3 Å². The third-order valence-electron chi connectivity index (χ3n) is 2.88. The first-order valence-electron chi connectivity index (χ1n) is 6.19. The van der Waals surface area contributed by atoms with E-state index in [-0.39, 0.29) is 5.69 Å². The lowest BCUT2D eigenvalue weighted by Crippen LogP contribution is -2.03. The van der Waals surface area contributed by atoms with Crippen LogP contribution in [-0.2, 0) is 0 Å². The highest BCUT2D eigenvalue weighted by molar-refractivity contribution is 5.87. The van der Waals surface area contributed by atoms with Crippen molar-refractivity contribution in [2.24, 2.45) is 0 Å². The van der Waals surface area contributed by atoms with Crippen LogP contribution in [0.2, 0.25) is 0 Å². The van der Waals surface area contributed by atoms with Gasteiger partial charge in [-0.1, -0.05) is 0 Å². The molecule has 3 aromatic rings. The molecule has 0 radical (unpaired) electrons. The third-order valence-corrected chi connectivity index (χ3v) is 2.88. The number of pyridine rings is 1. The smallest absolute Gasteiger partial charge is 0.356 e. The first-order valence-corrected chi connectivity index (χ1v) is 6.19. The van der Waals surface area contributed by atoms with E-state index in [1.165, 1.54) is 10.7 Å². The molecule has 0 amide bonds. The second-order valence-corrected chi connectivity index (χ2v) is 4.40. The van der Waals surface area contributed by atoms with E-state index in [1.807, 2.05) is 13.0 Å². The summed E-state index contributed by atoms with van der Waals surface area (Å²) in [7, 11) is 0. The zero-order chi connectivity index (χ0) is 14.8. The molecule has 0 bridgehead atoms. The fourth-order valence-electron chi connectivity index (χ4n) is 1.88. The predicted octanol–water partition coefficient (Wildman–Crippen LogP) is 1.73. The molecule has 0 aromatic carbocycles. The van der Waals surface area contributed by atoms with Gasteiger partial charge in [0.2, 0.25) is 0 Å². The maximum absolute atomic E-state index is 11.2. The molecule has 0 fully saturated rings. The monoisotopic (exact) mass is 281 g/mol. The van der Waals surface area contributed by atoms with E-state index < -0.39 is 5.97 Å². The molecule has 7 nitrogen and oxygen atoms in total. The molecule has 104 valence electrons. The second kappa shape index (κ2) is 5.12. The molecule has 1 N–H and O–H groups in total. The number of carboxylic acids is 1. The maximum Gasteiger partial charge on any atom is 0.356 e. The van der Waals surface area contributed by atoms with Crippen molar-refractivity contribution in [2.45, 2.75) is 6.92 Å². The van der Waals surface area contributed by atoms with Gasteiger partial charge in [0.05, 0.1) is 23.3 Å². The van der Waals surface area contributed by atoms with Crippen molar-refractivity contribution >= 4 is 5.97 Å². The van der Waals surface area contributed by atoms with Gasteiger partial charge in [-0.15, -0.1) is 5.10 Å². The lowest BCUT2D eigenvalue weighted by Gasteiger charge is -2.05. The van der Waals surface area contributed by atoms with Crippen LogP contribution in [0.25, 0.3) is 17.1 Å². The summed E-state index contributed by atoms with van der Waals surface area (Å²) in [6.45, 7) is 1.83. The molecule has 0 atom stereocenters. The molecule has 0 saturated carbocycles. The van der Waals surface area contributed by atoms with Gasteiger partial charge in [0.15, 0.2) is 5.69 Å². The Labute approximate surface area is 119 Å². The van der Waals surface area contributed by atoms with Crippen LogP contribution >= 0.6 is 0 Å². The highest BCUT2D eigenvalue weighted by atomic mass is 16.4. The van der Waals surface area contributed by atoms with Crippen molar-refractivity contribution in [3.8, 4) is 17.1 Å². The fourth-order valence-corrected chi connectivity index (χ4v) is 1.88. The average Bonchev–Trinajstić information content (AvgIpc) is 2.94. The van der Waals surface area contributed by atoms with Gasteiger partial charge in [0.25, 0.3) is 0 Å². The van der Waals surface area contributed by atoms with Crippen LogP contribution in [0, 0.1) is 6.92 Å². The van der Waals surface area contributed by atoms with Gasteiger partial charge in [0.1, 0.15) is 5.69 Å². The molecule has 0 spiro atoms. The van der Waals surface area contributed by atoms with E-state index in [4.69, 9.17) is 5.11 Å². The largest absolute Gasteiger partial charge is 0.476 e. The molecule has 0 aliphatic heterocycles. The van der Waals surface area contributed by atoms with E-state index in [0.29, 0.717) is 17.1 Å². The summed E-state index contributed by atoms with van der Waals surface area (Å²) in [5.41, 5.74) is 2.47. The Balaban J connectivity index is 2.19. The maximum atomic E-state index is 11.2. The minimum Gasteiger partial charge on any atom is -0.476 e. The predicted molar refractivity (Wildman–Crippen MR) is 74.1 cm³/mol. The highest BCUT2D eigenvalue weighted by Gasteiger charge is 2.17. The van der Waals surface area contributed by atoms with Crippen molar-refractivity contribution < 1.29 is 9.90 Å². The van der Waals surface area contributed by atoms with E-state index in [2.05, 4.69) is 20.3 Å². The Morgan fingerprint density at radius 2 is 2.10 bits per heavy atom. The number of aromatic carboxylic acids is 1. The standard InChI is InChI=1S/C14H11N5O2/c1-9-4-5-11(17-16-9)13-7-12(14(20)21)18-19(13)10-3-2-6-15-8-10/h2-8H,1H3,(H,20,21). The summed E-state index contributed by atoms with van der Waals surface area (Å²) in [5, 5.41) is 21.3. The molecule has 3 aromatic heterocycles. The van der Waals surface area contributed by atoms with E-state index >= 15 is 0 Å². The molecular weight excluding hydrogens is 270 g/mol. The van der Waals surface area contributed by atoms with E-state index in [0.717, 1.165) is 5.69 Å². The Bertz CT molecular complexity index is 781. The van der Waals surface area contributed by atoms with Gasteiger partial charge in [-0.3, -0.25) is 4.98 Å². The number of hydrogen-bond donors (Lipinski definition) is 1. The molecule has 3 heterocycles. The van der Waals surface area contributed by atoms with Crippen LogP contribution in [0.5, 0.6) is 0 Å². The summed E-state index contributed by atoms with van der Waals surface area (Å²) >= 11 is 0. The van der Waals surface area contributed by atoms with Crippen molar-refractivity contribution in [3.63, 3.8) is 0 Å². The molecule has 21 heavy (non-hydrogen) atoms. The number of carbonyl (C=O) groups is 1. The van der Waals surface area contributed by atoms with E-state index in [9.17, 15) is 4.79 Å². The lowest BCUT2D eigenvalue weighted by atomic mass is 10.2. The van der Waals surface area contributed by atoms with Gasteiger partial charge in [-0.05, 0) is 31.2 Å². The summed E-state index contributed by atoms with van der Waals surface area (Å²) in [5.74, 6) is -1.10. The van der Waals surface area contributed by atoms with Crippen molar-refractivity contribution in [3.05, 3.63) is 54.1 Å². The third kappa shape index (κ3) is 2.48. The normalized spacial score (nSPS) is 10.5. The summed E-state index contributed by atoms with van der Waals surface area (Å²) in [6.07, 6.45) is 3.24. The minimum absolute atomic E-state index is 0.0590. The number of aromatic nitrogens is 5. The summed E-state index contributed by atoms with van der Waals surface area (Å²) in [6, 6.07) is 8.59. The van der Waals surface area contributed by atoms with Crippen molar-refractivity contribution in [1.29, 1.82) is 0 Å². The van der Waals surface area contributed by atoms with Crippen molar-refractivity contribution in [2.75, 3.05) is 0 Å². The SMILES string of the molecule is Cc1ccc(-c2cc(C(=O)O)nn2-c2cccnc2)nn1. The molecule has 0 saturated heterocycles. The van der Waals surface area contributed by atoms with Crippen LogP contribution < -0.4 is 0 Å². The van der Waals surface area contributed by atoms with Crippen LogP contribution in [0.15, 0.2) is 42.7 Å². The van der Waals surface area contributed by atoms with Crippen LogP contribution in [0.3, 0.4) is 0 Å². The molecule has 3 rings (SSSR count). The van der Waals surface area contributed by atoms with Gasteiger partial charge < -0.3 is 5.11 Å². The zero-order valence-electron chi connectivity index (χ0n) is 11.1. The van der Waals surface area contributed by atoms with Crippen molar-refractivity contribution in [1.82, 2.24) is 25.0 Å². The molecule has 7 heteroatoms. The first kappa shape index (κ1) is 12.9. The zero-order valence-corrected chi connectivity index (χ0v) is 11.1. The number of aryl methyl sites for hydroxylation is 1. The van der Waals surface area contributed by atoms with Crippen LogP contribution in [0.4, 0.5) is 0 Å². The van der Waals surface area contributed by atoms with Gasteiger partial charge >= 0.3 is 5.97 Å². The van der Waals surface area contributed by atoms with Crippen LogP contribution in [-0.4, -0.2) is 36.0 Å². The number of carboxylic acid groups (broad SMARTS) is 1. The fraction of sp³-hybridized carbons (Fsp3) is 0.0714. The molecule has 0 unspecified atom stereocenters. The quantitative estimate of drug-likeness (QED) is 0.785. The molecule has 0 aliphatic rings. The Morgan fingerprint density at radius 3 is 2.71 bits per heavy atom.